The molecule has 1 atom stereocenters. The Morgan fingerprint density at radius 1 is 1.28 bits per heavy atom. The highest BCUT2D eigenvalue weighted by atomic mass is 79.9. The minimum Gasteiger partial charge on any atom is -0.497 e. The molecule has 4 heteroatoms. The van der Waals surface area contributed by atoms with Crippen LogP contribution in [0.25, 0.3) is 0 Å². The fraction of sp³-hybridized carbons (Fsp3) is 0.500. The monoisotopic (exact) mass is 314 g/mol. The van der Waals surface area contributed by atoms with Crippen LogP contribution in [-0.4, -0.2) is 23.5 Å². The van der Waals surface area contributed by atoms with Gasteiger partial charge >= 0.3 is 5.97 Å². The van der Waals surface area contributed by atoms with Crippen LogP contribution in [0.5, 0.6) is 5.75 Å². The predicted molar refractivity (Wildman–Crippen MR) is 75.3 cm³/mol. The predicted octanol–water partition coefficient (Wildman–Crippen LogP) is 3.34. The van der Waals surface area contributed by atoms with Gasteiger partial charge in [-0.25, -0.2) is 0 Å². The lowest BCUT2D eigenvalue weighted by Gasteiger charge is -2.21. The molecule has 0 bridgehead atoms. The largest absolute Gasteiger partial charge is 0.497 e. The van der Waals surface area contributed by atoms with Crippen LogP contribution in [-0.2, 0) is 16.0 Å². The van der Waals surface area contributed by atoms with Crippen molar-refractivity contribution in [1.82, 2.24) is 0 Å². The summed E-state index contributed by atoms with van der Waals surface area (Å²) in [7, 11) is 1.63. The smallest absolute Gasteiger partial charge is 0.320 e. The van der Waals surface area contributed by atoms with Gasteiger partial charge in [0.05, 0.1) is 7.11 Å². The minimum atomic E-state index is -0.455. The highest BCUT2D eigenvalue weighted by Crippen LogP contribution is 2.18. The van der Waals surface area contributed by atoms with Crippen molar-refractivity contribution in [3.8, 4) is 5.75 Å². The number of carbonyl (C=O) groups is 1. The zero-order valence-electron chi connectivity index (χ0n) is 11.2. The summed E-state index contributed by atoms with van der Waals surface area (Å²) in [6.07, 6.45) is 0.596. The lowest BCUT2D eigenvalue weighted by molar-refractivity contribution is -0.153. The molecule has 0 saturated heterocycles. The Morgan fingerprint density at radius 3 is 2.28 bits per heavy atom. The molecule has 0 radical (unpaired) electrons. The van der Waals surface area contributed by atoms with Crippen molar-refractivity contribution in [3.05, 3.63) is 29.8 Å². The van der Waals surface area contributed by atoms with E-state index in [2.05, 4.69) is 15.9 Å². The highest BCUT2D eigenvalue weighted by Gasteiger charge is 2.23. The number of benzene rings is 1. The first-order chi connectivity index (χ1) is 8.31. The summed E-state index contributed by atoms with van der Waals surface area (Å²) in [6, 6.07) is 7.64. The van der Waals surface area contributed by atoms with E-state index in [1.165, 1.54) is 0 Å². The average Bonchev–Trinajstić information content (AvgIpc) is 2.27. The van der Waals surface area contributed by atoms with Gasteiger partial charge in [-0.3, -0.25) is 4.79 Å². The fourth-order valence-corrected chi connectivity index (χ4v) is 1.88. The maximum atomic E-state index is 11.8. The molecule has 0 heterocycles. The molecule has 18 heavy (non-hydrogen) atoms. The standard InChI is InChI=1S/C14H19BrO3/c1-14(2,3)18-13(16)12(15)9-10-5-7-11(17-4)8-6-10/h5-8,12H,9H2,1-4H3. The molecule has 0 N–H and O–H groups in total. The van der Waals surface area contributed by atoms with E-state index in [0.717, 1.165) is 11.3 Å². The molecule has 0 aliphatic carbocycles. The topological polar surface area (TPSA) is 35.5 Å². The third-order valence-corrected chi connectivity index (χ3v) is 2.93. The summed E-state index contributed by atoms with van der Waals surface area (Å²) in [6.45, 7) is 5.58. The molecule has 0 spiro atoms. The van der Waals surface area contributed by atoms with Gasteiger partial charge in [-0.15, -0.1) is 0 Å². The van der Waals surface area contributed by atoms with Crippen LogP contribution >= 0.6 is 15.9 Å². The molecule has 100 valence electrons. The summed E-state index contributed by atoms with van der Waals surface area (Å²) in [5, 5.41) is 0. The van der Waals surface area contributed by atoms with Crippen LogP contribution in [0.1, 0.15) is 26.3 Å². The van der Waals surface area contributed by atoms with Gasteiger partial charge in [0.15, 0.2) is 0 Å². The van der Waals surface area contributed by atoms with Gasteiger partial charge < -0.3 is 9.47 Å². The van der Waals surface area contributed by atoms with E-state index in [1.54, 1.807) is 7.11 Å². The maximum Gasteiger partial charge on any atom is 0.320 e. The molecule has 0 amide bonds. The first kappa shape index (κ1) is 15.0. The Balaban J connectivity index is 2.58. The Labute approximate surface area is 117 Å². The van der Waals surface area contributed by atoms with Crippen molar-refractivity contribution >= 4 is 21.9 Å². The van der Waals surface area contributed by atoms with Gasteiger partial charge in [0.1, 0.15) is 16.2 Å². The van der Waals surface area contributed by atoms with Crippen molar-refractivity contribution in [3.63, 3.8) is 0 Å². The van der Waals surface area contributed by atoms with Gasteiger partial charge in [-0.05, 0) is 44.9 Å². The number of hydrogen-bond acceptors (Lipinski definition) is 3. The number of esters is 1. The second-order valence-corrected chi connectivity index (χ2v) is 6.16. The van der Waals surface area contributed by atoms with Gasteiger partial charge in [-0.2, -0.15) is 0 Å². The van der Waals surface area contributed by atoms with Crippen molar-refractivity contribution < 1.29 is 14.3 Å². The Bertz CT molecular complexity index is 392. The van der Waals surface area contributed by atoms with Gasteiger partial charge in [-0.1, -0.05) is 28.1 Å². The van der Waals surface area contributed by atoms with E-state index in [1.807, 2.05) is 45.0 Å². The van der Waals surface area contributed by atoms with Gasteiger partial charge in [0.2, 0.25) is 0 Å². The summed E-state index contributed by atoms with van der Waals surface area (Å²) < 4.78 is 10.4. The molecule has 3 nitrogen and oxygen atoms in total. The summed E-state index contributed by atoms with van der Waals surface area (Å²) in [4.78, 5) is 11.5. The molecule has 1 aromatic carbocycles. The van der Waals surface area contributed by atoms with Crippen molar-refractivity contribution in [1.29, 1.82) is 0 Å². The Hall–Kier alpha value is -1.03. The molecular formula is C14H19BrO3. The minimum absolute atomic E-state index is 0.238. The first-order valence-electron chi connectivity index (χ1n) is 5.81. The Morgan fingerprint density at radius 2 is 1.83 bits per heavy atom. The van der Waals surface area contributed by atoms with Crippen LogP contribution in [0.4, 0.5) is 0 Å². The van der Waals surface area contributed by atoms with Crippen LogP contribution in [0.15, 0.2) is 24.3 Å². The highest BCUT2D eigenvalue weighted by molar-refractivity contribution is 9.10. The molecular weight excluding hydrogens is 296 g/mol. The van der Waals surface area contributed by atoms with Gasteiger partial charge in [0.25, 0.3) is 0 Å². The number of rotatable bonds is 4. The molecule has 1 unspecified atom stereocenters. The number of carbonyl (C=O) groups excluding carboxylic acids is 1. The van der Waals surface area contributed by atoms with E-state index < -0.39 is 5.60 Å². The third-order valence-electron chi connectivity index (χ3n) is 2.24. The zero-order valence-corrected chi connectivity index (χ0v) is 12.8. The van der Waals surface area contributed by atoms with Gasteiger partial charge in [0, 0.05) is 0 Å². The van der Waals surface area contributed by atoms with Crippen LogP contribution in [0.2, 0.25) is 0 Å². The third kappa shape index (κ3) is 5.08. The number of alkyl halides is 1. The van der Waals surface area contributed by atoms with E-state index in [0.29, 0.717) is 6.42 Å². The normalized spacial score (nSPS) is 12.9. The fourth-order valence-electron chi connectivity index (χ4n) is 1.42. The molecule has 1 aromatic rings. The second kappa shape index (κ2) is 6.23. The number of methoxy groups -OCH3 is 1. The summed E-state index contributed by atoms with van der Waals surface area (Å²) >= 11 is 3.36. The molecule has 0 aromatic heterocycles. The van der Waals surface area contributed by atoms with Crippen molar-refractivity contribution in [2.75, 3.05) is 7.11 Å². The van der Waals surface area contributed by atoms with Crippen LogP contribution in [0.3, 0.4) is 0 Å². The van der Waals surface area contributed by atoms with Crippen molar-refractivity contribution in [2.45, 2.75) is 37.6 Å². The molecule has 1 rings (SSSR count). The molecule has 0 saturated carbocycles. The zero-order chi connectivity index (χ0) is 13.8. The number of hydrogen-bond donors (Lipinski definition) is 0. The van der Waals surface area contributed by atoms with E-state index >= 15 is 0 Å². The Kier molecular flexibility index (Phi) is 5.20. The van der Waals surface area contributed by atoms with Crippen LogP contribution in [0, 0.1) is 0 Å². The molecule has 0 aliphatic rings. The van der Waals surface area contributed by atoms with E-state index in [4.69, 9.17) is 9.47 Å². The number of ether oxygens (including phenoxy) is 2. The average molecular weight is 315 g/mol. The summed E-state index contributed by atoms with van der Waals surface area (Å²) in [5.74, 6) is 0.570. The van der Waals surface area contributed by atoms with E-state index in [-0.39, 0.29) is 10.8 Å². The number of halogens is 1. The first-order valence-corrected chi connectivity index (χ1v) is 6.73. The second-order valence-electron chi connectivity index (χ2n) is 5.05. The maximum absolute atomic E-state index is 11.8. The summed E-state index contributed by atoms with van der Waals surface area (Å²) in [5.41, 5.74) is 0.603. The lowest BCUT2D eigenvalue weighted by atomic mass is 10.1. The lowest BCUT2D eigenvalue weighted by Crippen LogP contribution is -2.29. The van der Waals surface area contributed by atoms with Crippen LogP contribution < -0.4 is 4.74 Å². The molecule has 0 fully saturated rings. The SMILES string of the molecule is COc1ccc(CC(Br)C(=O)OC(C)(C)C)cc1. The molecule has 0 aliphatic heterocycles. The van der Waals surface area contributed by atoms with Crippen molar-refractivity contribution in [2.24, 2.45) is 0 Å². The van der Waals surface area contributed by atoms with E-state index in [9.17, 15) is 4.79 Å². The quantitative estimate of drug-likeness (QED) is 0.631.